The van der Waals surface area contributed by atoms with Gasteiger partial charge in [0.2, 0.25) is 0 Å². The molecule has 0 unspecified atom stereocenters. The first kappa shape index (κ1) is 13.1. The van der Waals surface area contributed by atoms with Crippen LogP contribution in [0.25, 0.3) is 10.9 Å². The van der Waals surface area contributed by atoms with E-state index in [2.05, 4.69) is 17.2 Å². The lowest BCUT2D eigenvalue weighted by molar-refractivity contribution is 0.0706. The van der Waals surface area contributed by atoms with Crippen LogP contribution < -0.4 is 10.8 Å². The highest BCUT2D eigenvalue weighted by atomic mass is 16.5. The zero-order valence-corrected chi connectivity index (χ0v) is 11.5. The van der Waals surface area contributed by atoms with Crippen molar-refractivity contribution in [3.05, 3.63) is 35.0 Å². The van der Waals surface area contributed by atoms with E-state index in [1.54, 1.807) is 11.5 Å². The summed E-state index contributed by atoms with van der Waals surface area (Å²) in [7, 11) is 0. The number of nitrogens with one attached hydrogen (secondary N) is 3. The summed E-state index contributed by atoms with van der Waals surface area (Å²) in [6.07, 6.45) is 3.15. The molecule has 1 aromatic carbocycles. The molecule has 4 N–H and O–H groups in total. The summed E-state index contributed by atoms with van der Waals surface area (Å²) >= 11 is 0. The number of H-pyrrole nitrogens is 1. The number of hydrogen-bond acceptors (Lipinski definition) is 3. The van der Waals surface area contributed by atoms with Crippen LogP contribution in [-0.2, 0) is 12.8 Å². The van der Waals surface area contributed by atoms with Crippen LogP contribution >= 0.6 is 0 Å². The second kappa shape index (κ2) is 5.26. The highest BCUT2D eigenvalue weighted by Crippen LogP contribution is 2.29. The van der Waals surface area contributed by atoms with E-state index in [9.17, 15) is 4.79 Å². The first-order valence-corrected chi connectivity index (χ1v) is 7.04. The summed E-state index contributed by atoms with van der Waals surface area (Å²) in [5, 5.41) is 13.3. The third-order valence-corrected chi connectivity index (χ3v) is 4.04. The Labute approximate surface area is 117 Å². The van der Waals surface area contributed by atoms with Gasteiger partial charge in [0.05, 0.1) is 0 Å². The van der Waals surface area contributed by atoms with Gasteiger partial charge < -0.3 is 10.3 Å². The maximum atomic E-state index is 11.5. The van der Waals surface area contributed by atoms with Crippen molar-refractivity contribution < 1.29 is 10.0 Å². The molecule has 3 rings (SSSR count). The maximum absolute atomic E-state index is 11.5. The summed E-state index contributed by atoms with van der Waals surface area (Å²) < 4.78 is 0. The van der Waals surface area contributed by atoms with Gasteiger partial charge >= 0.3 is 0 Å². The Bertz CT molecular complexity index is 648. The van der Waals surface area contributed by atoms with Crippen molar-refractivity contribution in [3.8, 4) is 0 Å². The third kappa shape index (κ3) is 2.19. The molecule has 1 aromatic heterocycles. The molecule has 0 saturated carbocycles. The van der Waals surface area contributed by atoms with Crippen molar-refractivity contribution in [2.45, 2.75) is 32.2 Å². The van der Waals surface area contributed by atoms with Crippen molar-refractivity contribution in [2.75, 3.05) is 6.54 Å². The van der Waals surface area contributed by atoms with Crippen molar-refractivity contribution >= 4 is 16.8 Å². The van der Waals surface area contributed by atoms with Gasteiger partial charge in [-0.1, -0.05) is 6.92 Å². The normalized spacial score (nSPS) is 18.0. The number of hydrogen-bond donors (Lipinski definition) is 4. The van der Waals surface area contributed by atoms with E-state index < -0.39 is 5.91 Å². The highest BCUT2D eigenvalue weighted by Gasteiger charge is 2.22. The van der Waals surface area contributed by atoms with E-state index in [0.717, 1.165) is 36.7 Å². The molecule has 1 atom stereocenters. The lowest BCUT2D eigenvalue weighted by atomic mass is 9.91. The Balaban J connectivity index is 2.02. The second-order valence-corrected chi connectivity index (χ2v) is 5.28. The molecule has 1 amide bonds. The summed E-state index contributed by atoms with van der Waals surface area (Å²) in [6.45, 7) is 3.09. The quantitative estimate of drug-likeness (QED) is 0.508. The number of benzene rings is 1. The molecule has 0 aliphatic heterocycles. The molecule has 1 aliphatic rings. The Kier molecular flexibility index (Phi) is 3.46. The zero-order valence-electron chi connectivity index (χ0n) is 11.5. The van der Waals surface area contributed by atoms with E-state index >= 15 is 0 Å². The van der Waals surface area contributed by atoms with Crippen LogP contribution in [0.15, 0.2) is 18.2 Å². The van der Waals surface area contributed by atoms with Crippen molar-refractivity contribution in [3.63, 3.8) is 0 Å². The number of rotatable bonds is 3. The lowest BCUT2D eigenvalue weighted by Gasteiger charge is -2.23. The van der Waals surface area contributed by atoms with Gasteiger partial charge in [0, 0.05) is 28.2 Å². The Hall–Kier alpha value is -1.85. The van der Waals surface area contributed by atoms with Gasteiger partial charge in [-0.3, -0.25) is 10.0 Å². The molecule has 1 aliphatic carbocycles. The molecule has 1 heterocycles. The smallest absolute Gasteiger partial charge is 0.274 e. The third-order valence-electron chi connectivity index (χ3n) is 4.04. The standard InChI is InChI=1S/C15H19N3O2/c1-2-16-10-4-6-14-12(8-10)11-7-9(15(19)18-20)3-5-13(11)17-14/h3,5,7,10,16-17,20H,2,4,6,8H2,1H3,(H,18,19)/t10-/m1/s1. The SMILES string of the molecule is CCN[C@@H]1CCc2[nH]c3ccc(C(=O)NO)cc3c2C1. The van der Waals surface area contributed by atoms with Gasteiger partial charge in [0.1, 0.15) is 0 Å². The van der Waals surface area contributed by atoms with Crippen LogP contribution in [0, 0.1) is 0 Å². The van der Waals surface area contributed by atoms with Gasteiger partial charge in [0.15, 0.2) is 0 Å². The lowest BCUT2D eigenvalue weighted by Crippen LogP contribution is -2.34. The first-order valence-electron chi connectivity index (χ1n) is 7.04. The van der Waals surface area contributed by atoms with Crippen LogP contribution in [0.5, 0.6) is 0 Å². The topological polar surface area (TPSA) is 77.2 Å². The molecule has 5 nitrogen and oxygen atoms in total. The molecular weight excluding hydrogens is 254 g/mol. The van der Waals surface area contributed by atoms with Gasteiger partial charge in [0.25, 0.3) is 5.91 Å². The fraction of sp³-hybridized carbons (Fsp3) is 0.400. The fourth-order valence-corrected chi connectivity index (χ4v) is 3.09. The summed E-state index contributed by atoms with van der Waals surface area (Å²) in [4.78, 5) is 15.0. The predicted molar refractivity (Wildman–Crippen MR) is 77.0 cm³/mol. The maximum Gasteiger partial charge on any atom is 0.274 e. The van der Waals surface area contributed by atoms with Crippen LogP contribution in [-0.4, -0.2) is 28.7 Å². The Morgan fingerprint density at radius 2 is 2.35 bits per heavy atom. The number of fused-ring (bicyclic) bond motifs is 3. The second-order valence-electron chi connectivity index (χ2n) is 5.28. The predicted octanol–water partition coefficient (Wildman–Crippen LogP) is 1.75. The van der Waals surface area contributed by atoms with Gasteiger partial charge in [-0.05, 0) is 49.6 Å². The fourth-order valence-electron chi connectivity index (χ4n) is 3.09. The largest absolute Gasteiger partial charge is 0.358 e. The van der Waals surface area contributed by atoms with Crippen LogP contribution in [0.3, 0.4) is 0 Å². The monoisotopic (exact) mass is 273 g/mol. The molecular formula is C15H19N3O2. The van der Waals surface area contributed by atoms with E-state index in [-0.39, 0.29) is 0 Å². The average Bonchev–Trinajstić information content (AvgIpc) is 2.84. The van der Waals surface area contributed by atoms with Crippen molar-refractivity contribution in [1.29, 1.82) is 0 Å². The molecule has 0 radical (unpaired) electrons. The molecule has 0 fully saturated rings. The Morgan fingerprint density at radius 3 is 3.10 bits per heavy atom. The van der Waals surface area contributed by atoms with E-state index in [1.807, 2.05) is 12.1 Å². The summed E-state index contributed by atoms with van der Waals surface area (Å²) in [5.74, 6) is -0.471. The summed E-state index contributed by atoms with van der Waals surface area (Å²) in [6, 6.07) is 5.98. The minimum Gasteiger partial charge on any atom is -0.358 e. The first-order chi connectivity index (χ1) is 9.72. The summed E-state index contributed by atoms with van der Waals surface area (Å²) in [5.41, 5.74) is 5.79. The van der Waals surface area contributed by atoms with Gasteiger partial charge in [-0.25, -0.2) is 5.48 Å². The molecule has 5 heteroatoms. The van der Waals surface area contributed by atoms with Crippen molar-refractivity contribution in [1.82, 2.24) is 15.8 Å². The van der Waals surface area contributed by atoms with Crippen LogP contribution in [0.4, 0.5) is 0 Å². The van der Waals surface area contributed by atoms with Gasteiger partial charge in [-0.15, -0.1) is 0 Å². The molecule has 2 aromatic rings. The molecule has 0 spiro atoms. The van der Waals surface area contributed by atoms with Crippen LogP contribution in [0.1, 0.15) is 35.0 Å². The minimum absolute atomic E-state index is 0.471. The molecule has 106 valence electrons. The number of hydroxylamine groups is 1. The van der Waals surface area contributed by atoms with Crippen LogP contribution in [0.2, 0.25) is 0 Å². The average molecular weight is 273 g/mol. The van der Waals surface area contributed by atoms with E-state index in [4.69, 9.17) is 5.21 Å². The number of carbonyl (C=O) groups is 1. The number of carbonyl (C=O) groups excluding carboxylic acids is 1. The van der Waals surface area contributed by atoms with Gasteiger partial charge in [-0.2, -0.15) is 0 Å². The number of aryl methyl sites for hydroxylation is 1. The number of aromatic amines is 1. The zero-order chi connectivity index (χ0) is 14.1. The number of likely N-dealkylation sites (N-methyl/N-ethyl adjacent to an activating group) is 1. The molecule has 0 saturated heterocycles. The minimum atomic E-state index is -0.471. The number of amides is 1. The number of aromatic nitrogens is 1. The molecule has 0 bridgehead atoms. The Morgan fingerprint density at radius 1 is 1.50 bits per heavy atom. The van der Waals surface area contributed by atoms with Crippen molar-refractivity contribution in [2.24, 2.45) is 0 Å². The van der Waals surface area contributed by atoms with E-state index in [0.29, 0.717) is 11.6 Å². The molecule has 20 heavy (non-hydrogen) atoms. The van der Waals surface area contributed by atoms with E-state index in [1.165, 1.54) is 11.3 Å². The highest BCUT2D eigenvalue weighted by molar-refractivity contribution is 5.98.